The molecule has 2 atom stereocenters. The molecular weight excluding hydrogens is 238 g/mol. The molecule has 1 fully saturated rings. The van der Waals surface area contributed by atoms with E-state index in [1.54, 1.807) is 0 Å². The monoisotopic (exact) mass is 263 g/mol. The number of hydrogen-bond donors (Lipinski definition) is 1. The number of benzene rings is 1. The van der Waals surface area contributed by atoms with Crippen LogP contribution in [0.4, 0.5) is 0 Å². The summed E-state index contributed by atoms with van der Waals surface area (Å²) in [5.74, 6) is 1.54. The predicted molar refractivity (Wildman–Crippen MR) is 77.5 cm³/mol. The number of ether oxygens (including phenoxy) is 2. The molecule has 1 aliphatic rings. The van der Waals surface area contributed by atoms with Crippen LogP contribution >= 0.6 is 0 Å². The molecule has 0 aromatic heterocycles. The third-order valence-electron chi connectivity index (χ3n) is 3.61. The van der Waals surface area contributed by atoms with Crippen LogP contribution in [-0.4, -0.2) is 31.9 Å². The van der Waals surface area contributed by atoms with Crippen molar-refractivity contribution in [2.75, 3.05) is 19.8 Å². The maximum Gasteiger partial charge on any atom is 0.119 e. The van der Waals surface area contributed by atoms with Crippen LogP contribution < -0.4 is 10.1 Å². The van der Waals surface area contributed by atoms with E-state index >= 15 is 0 Å². The van der Waals surface area contributed by atoms with Crippen LogP contribution in [0.5, 0.6) is 5.75 Å². The van der Waals surface area contributed by atoms with Crippen molar-refractivity contribution in [3.05, 3.63) is 30.3 Å². The summed E-state index contributed by atoms with van der Waals surface area (Å²) in [7, 11) is 0. The van der Waals surface area contributed by atoms with E-state index in [1.807, 2.05) is 30.3 Å². The summed E-state index contributed by atoms with van der Waals surface area (Å²) in [6.45, 7) is 6.94. The molecule has 0 radical (unpaired) electrons. The van der Waals surface area contributed by atoms with Gasteiger partial charge in [0.25, 0.3) is 0 Å². The summed E-state index contributed by atoms with van der Waals surface area (Å²) in [5.41, 5.74) is 0. The van der Waals surface area contributed by atoms with Gasteiger partial charge in [0.1, 0.15) is 12.4 Å². The molecule has 1 heterocycles. The Morgan fingerprint density at radius 2 is 2.11 bits per heavy atom. The van der Waals surface area contributed by atoms with Crippen LogP contribution in [0.3, 0.4) is 0 Å². The van der Waals surface area contributed by atoms with Crippen LogP contribution in [-0.2, 0) is 4.74 Å². The molecule has 2 rings (SSSR count). The summed E-state index contributed by atoms with van der Waals surface area (Å²) >= 11 is 0. The molecule has 19 heavy (non-hydrogen) atoms. The van der Waals surface area contributed by atoms with Gasteiger partial charge < -0.3 is 14.8 Å². The second-order valence-electron chi connectivity index (χ2n) is 5.49. The van der Waals surface area contributed by atoms with Crippen molar-refractivity contribution in [2.24, 2.45) is 5.92 Å². The molecule has 0 bridgehead atoms. The van der Waals surface area contributed by atoms with Crippen molar-refractivity contribution in [3.8, 4) is 5.75 Å². The third-order valence-corrected chi connectivity index (χ3v) is 3.61. The summed E-state index contributed by atoms with van der Waals surface area (Å²) < 4.78 is 11.5. The van der Waals surface area contributed by atoms with Gasteiger partial charge in [0.05, 0.1) is 6.10 Å². The lowest BCUT2D eigenvalue weighted by Crippen LogP contribution is -2.42. The highest BCUT2D eigenvalue weighted by Gasteiger charge is 2.24. The lowest BCUT2D eigenvalue weighted by molar-refractivity contribution is -0.0245. The largest absolute Gasteiger partial charge is 0.492 e. The molecule has 1 aromatic rings. The van der Waals surface area contributed by atoms with E-state index in [4.69, 9.17) is 9.47 Å². The summed E-state index contributed by atoms with van der Waals surface area (Å²) in [5, 5.41) is 3.57. The fraction of sp³-hybridized carbons (Fsp3) is 0.625. The third kappa shape index (κ3) is 4.84. The molecule has 0 saturated carbocycles. The minimum atomic E-state index is 0.404. The maximum atomic E-state index is 5.77. The minimum Gasteiger partial charge on any atom is -0.492 e. The van der Waals surface area contributed by atoms with E-state index in [9.17, 15) is 0 Å². The maximum absolute atomic E-state index is 5.77. The van der Waals surface area contributed by atoms with Crippen LogP contribution in [0.25, 0.3) is 0 Å². The Bertz CT molecular complexity index is 353. The van der Waals surface area contributed by atoms with Gasteiger partial charge in [-0.25, -0.2) is 0 Å². The van der Waals surface area contributed by atoms with Gasteiger partial charge in [-0.05, 0) is 30.9 Å². The number of rotatable bonds is 6. The molecule has 1 aliphatic heterocycles. The van der Waals surface area contributed by atoms with Crippen molar-refractivity contribution >= 4 is 0 Å². The summed E-state index contributed by atoms with van der Waals surface area (Å²) in [6.07, 6.45) is 2.62. The summed E-state index contributed by atoms with van der Waals surface area (Å²) in [4.78, 5) is 0. The highest BCUT2D eigenvalue weighted by Crippen LogP contribution is 2.20. The van der Waals surface area contributed by atoms with E-state index in [0.717, 1.165) is 31.7 Å². The lowest BCUT2D eigenvalue weighted by Gasteiger charge is -2.32. The quantitative estimate of drug-likeness (QED) is 0.801. The van der Waals surface area contributed by atoms with E-state index in [0.29, 0.717) is 24.7 Å². The van der Waals surface area contributed by atoms with Crippen molar-refractivity contribution in [1.82, 2.24) is 5.32 Å². The first-order valence-corrected chi connectivity index (χ1v) is 7.28. The second kappa shape index (κ2) is 7.51. The molecule has 0 spiro atoms. The Morgan fingerprint density at radius 3 is 2.84 bits per heavy atom. The van der Waals surface area contributed by atoms with Gasteiger partial charge in [0, 0.05) is 19.2 Å². The van der Waals surface area contributed by atoms with Gasteiger partial charge in [-0.15, -0.1) is 0 Å². The molecule has 3 nitrogen and oxygen atoms in total. The zero-order valence-electron chi connectivity index (χ0n) is 12.0. The van der Waals surface area contributed by atoms with Gasteiger partial charge in [0.15, 0.2) is 0 Å². The Balaban J connectivity index is 1.63. The highest BCUT2D eigenvalue weighted by molar-refractivity contribution is 5.20. The fourth-order valence-corrected chi connectivity index (χ4v) is 2.43. The van der Waals surface area contributed by atoms with Crippen molar-refractivity contribution < 1.29 is 9.47 Å². The first-order chi connectivity index (χ1) is 9.25. The molecular formula is C16H25NO2. The number of para-hydroxylation sites is 1. The smallest absolute Gasteiger partial charge is 0.119 e. The molecule has 2 unspecified atom stereocenters. The highest BCUT2D eigenvalue weighted by atomic mass is 16.5. The van der Waals surface area contributed by atoms with Crippen molar-refractivity contribution in [3.63, 3.8) is 0 Å². The molecule has 1 aromatic carbocycles. The van der Waals surface area contributed by atoms with E-state index in [1.165, 1.54) is 0 Å². The lowest BCUT2D eigenvalue weighted by atomic mass is 9.95. The Hall–Kier alpha value is -1.06. The van der Waals surface area contributed by atoms with E-state index < -0.39 is 0 Å². The summed E-state index contributed by atoms with van der Waals surface area (Å²) in [6, 6.07) is 10.5. The first kappa shape index (κ1) is 14.4. The second-order valence-corrected chi connectivity index (χ2v) is 5.49. The number of nitrogens with one attached hydrogen (secondary N) is 1. The molecule has 0 amide bonds. The van der Waals surface area contributed by atoms with Gasteiger partial charge in [-0.2, -0.15) is 0 Å². The zero-order chi connectivity index (χ0) is 13.5. The zero-order valence-corrected chi connectivity index (χ0v) is 12.0. The Labute approximate surface area is 116 Å². The molecule has 3 heteroatoms. The molecule has 106 valence electrons. The topological polar surface area (TPSA) is 30.5 Å². The van der Waals surface area contributed by atoms with Crippen LogP contribution in [0.15, 0.2) is 30.3 Å². The van der Waals surface area contributed by atoms with Crippen LogP contribution in [0.2, 0.25) is 0 Å². The van der Waals surface area contributed by atoms with Gasteiger partial charge in [-0.1, -0.05) is 32.0 Å². The van der Waals surface area contributed by atoms with Gasteiger partial charge in [-0.3, -0.25) is 0 Å². The van der Waals surface area contributed by atoms with Crippen LogP contribution in [0.1, 0.15) is 26.7 Å². The predicted octanol–water partition coefficient (Wildman–Crippen LogP) is 2.86. The minimum absolute atomic E-state index is 0.404. The average Bonchev–Trinajstić information content (AvgIpc) is 2.45. The fourth-order valence-electron chi connectivity index (χ4n) is 2.43. The normalized spacial score (nSPS) is 23.5. The molecule has 1 N–H and O–H groups in total. The Kier molecular flexibility index (Phi) is 5.67. The Morgan fingerprint density at radius 1 is 1.32 bits per heavy atom. The van der Waals surface area contributed by atoms with Gasteiger partial charge >= 0.3 is 0 Å². The SMILES string of the molecule is CC(C)C1CC(NCCOc2ccccc2)CCO1. The van der Waals surface area contributed by atoms with Crippen LogP contribution in [0, 0.1) is 5.92 Å². The van der Waals surface area contributed by atoms with Crippen molar-refractivity contribution in [2.45, 2.75) is 38.8 Å². The number of hydrogen-bond acceptors (Lipinski definition) is 3. The molecule has 1 saturated heterocycles. The average molecular weight is 263 g/mol. The van der Waals surface area contributed by atoms with Gasteiger partial charge in [0.2, 0.25) is 0 Å². The molecule has 0 aliphatic carbocycles. The van der Waals surface area contributed by atoms with E-state index in [-0.39, 0.29) is 0 Å². The van der Waals surface area contributed by atoms with E-state index in [2.05, 4.69) is 19.2 Å². The van der Waals surface area contributed by atoms with Crippen molar-refractivity contribution in [1.29, 1.82) is 0 Å². The standard InChI is InChI=1S/C16H25NO2/c1-13(2)16-12-14(8-10-19-16)17-9-11-18-15-6-4-3-5-7-15/h3-7,13-14,16-17H,8-12H2,1-2H3. The first-order valence-electron chi connectivity index (χ1n) is 7.28.